The number of hydrogen-bond donors (Lipinski definition) is 0. The highest BCUT2D eigenvalue weighted by Gasteiger charge is 1.69. The Bertz CT molecular complexity index is 44.9. The van der Waals surface area contributed by atoms with Crippen LogP contribution in [0.5, 0.6) is 0 Å². The van der Waals surface area contributed by atoms with Crippen molar-refractivity contribution >= 4 is 27.8 Å². The van der Waals surface area contributed by atoms with E-state index in [1.807, 2.05) is 0 Å². The van der Waals surface area contributed by atoms with Crippen molar-refractivity contribution in [2.45, 2.75) is 6.92 Å². The van der Waals surface area contributed by atoms with E-state index in [0.29, 0.717) is 5.05 Å². The Labute approximate surface area is 39.9 Å². The van der Waals surface area contributed by atoms with Gasteiger partial charge in [0.1, 0.15) is 5.05 Å². The summed E-state index contributed by atoms with van der Waals surface area (Å²) in [6.45, 7) is 1.68. The molecule has 0 fully saturated rings. The van der Waals surface area contributed by atoms with Gasteiger partial charge >= 0.3 is 10.5 Å². The molecular formula is C2H3OSSi. The SMILES string of the molecule is CC(=S)O[Si]. The first-order valence-corrected chi connectivity index (χ1v) is 1.93. The molecule has 0 amide bonds. The van der Waals surface area contributed by atoms with E-state index in [1.165, 1.54) is 0 Å². The van der Waals surface area contributed by atoms with E-state index in [1.54, 1.807) is 6.92 Å². The molecule has 0 aromatic carbocycles. The third-order valence-electron chi connectivity index (χ3n) is 0.144. The molecule has 0 spiro atoms. The second kappa shape index (κ2) is 2.35. The maximum absolute atomic E-state index is 4.43. The fourth-order valence-electron chi connectivity index (χ4n) is 0. The summed E-state index contributed by atoms with van der Waals surface area (Å²) in [6, 6.07) is 0. The Morgan fingerprint density at radius 2 is 2.20 bits per heavy atom. The van der Waals surface area contributed by atoms with Crippen molar-refractivity contribution in [3.05, 3.63) is 0 Å². The van der Waals surface area contributed by atoms with Crippen LogP contribution >= 0.6 is 12.2 Å². The first-order chi connectivity index (χ1) is 2.27. The third kappa shape index (κ3) is 4.11. The Kier molecular flexibility index (Phi) is 2.40. The van der Waals surface area contributed by atoms with Gasteiger partial charge in [-0.3, -0.25) is 0 Å². The minimum Gasteiger partial charge on any atom is -0.536 e. The van der Waals surface area contributed by atoms with Crippen LogP contribution < -0.4 is 0 Å². The van der Waals surface area contributed by atoms with Crippen molar-refractivity contribution < 1.29 is 4.43 Å². The third-order valence-corrected chi connectivity index (χ3v) is 0.681. The molecule has 0 aliphatic carbocycles. The van der Waals surface area contributed by atoms with Crippen LogP contribution in [0.4, 0.5) is 0 Å². The summed E-state index contributed by atoms with van der Waals surface area (Å²) < 4.78 is 4.29. The molecule has 5 heavy (non-hydrogen) atoms. The zero-order valence-corrected chi connectivity index (χ0v) is 4.63. The molecule has 0 aromatic rings. The summed E-state index contributed by atoms with van der Waals surface area (Å²) in [5.41, 5.74) is 0. The Morgan fingerprint density at radius 3 is 2.20 bits per heavy atom. The molecule has 0 aromatic heterocycles. The molecule has 3 radical (unpaired) electrons. The van der Waals surface area contributed by atoms with Gasteiger partial charge in [-0.05, 0) is 12.2 Å². The molecule has 0 rings (SSSR count). The van der Waals surface area contributed by atoms with Gasteiger partial charge in [0, 0.05) is 6.92 Å². The van der Waals surface area contributed by atoms with Crippen LogP contribution in [-0.2, 0) is 4.43 Å². The topological polar surface area (TPSA) is 9.23 Å². The maximum atomic E-state index is 4.43. The standard InChI is InChI=1S/C2H3OSSi/c1-2(4)3-5/h1H3. The lowest BCUT2D eigenvalue weighted by atomic mass is 10.9. The molecule has 1 nitrogen and oxygen atoms in total. The monoisotopic (exact) mass is 103 g/mol. The number of rotatable bonds is 0. The van der Waals surface area contributed by atoms with E-state index in [2.05, 4.69) is 27.1 Å². The first kappa shape index (κ1) is 5.11. The molecule has 0 N–H and O–H groups in total. The van der Waals surface area contributed by atoms with Crippen molar-refractivity contribution in [2.24, 2.45) is 0 Å². The van der Waals surface area contributed by atoms with Gasteiger partial charge in [-0.15, -0.1) is 0 Å². The molecule has 27 valence electrons. The van der Waals surface area contributed by atoms with Gasteiger partial charge in [-0.1, -0.05) is 0 Å². The molecule has 0 bridgehead atoms. The molecule has 0 saturated carbocycles. The van der Waals surface area contributed by atoms with E-state index in [0.717, 1.165) is 0 Å². The Hall–Kier alpha value is 0.107. The molecule has 0 unspecified atom stereocenters. The number of hydrogen-bond acceptors (Lipinski definition) is 2. The molecule has 3 heteroatoms. The van der Waals surface area contributed by atoms with Gasteiger partial charge in [0.25, 0.3) is 0 Å². The molecule has 0 atom stereocenters. The van der Waals surface area contributed by atoms with E-state index in [9.17, 15) is 0 Å². The van der Waals surface area contributed by atoms with Crippen LogP contribution in [0, 0.1) is 0 Å². The van der Waals surface area contributed by atoms with E-state index >= 15 is 0 Å². The van der Waals surface area contributed by atoms with Crippen LogP contribution in [0.1, 0.15) is 6.92 Å². The lowest BCUT2D eigenvalue weighted by Crippen LogP contribution is -1.86. The minimum atomic E-state index is 0.502. The zero-order valence-electron chi connectivity index (χ0n) is 2.82. The zero-order chi connectivity index (χ0) is 4.28. The smallest absolute Gasteiger partial charge is 0.341 e. The van der Waals surface area contributed by atoms with Crippen molar-refractivity contribution in [3.8, 4) is 0 Å². The maximum Gasteiger partial charge on any atom is 0.341 e. The van der Waals surface area contributed by atoms with Gasteiger partial charge in [0.05, 0.1) is 0 Å². The fraction of sp³-hybridized carbons (Fsp3) is 0.500. The van der Waals surface area contributed by atoms with Crippen LogP contribution in [0.15, 0.2) is 0 Å². The molecule has 0 aliphatic rings. The highest BCUT2D eigenvalue weighted by Crippen LogP contribution is 1.67. The highest BCUT2D eigenvalue weighted by molar-refractivity contribution is 7.80. The summed E-state index contributed by atoms with van der Waals surface area (Å²) in [4.78, 5) is 0. The lowest BCUT2D eigenvalue weighted by molar-refractivity contribution is 0.626. The average Bonchev–Trinajstić information content (AvgIpc) is 1.38. The van der Waals surface area contributed by atoms with Crippen molar-refractivity contribution in [1.82, 2.24) is 0 Å². The molecular weight excluding hydrogens is 100 g/mol. The van der Waals surface area contributed by atoms with E-state index in [4.69, 9.17) is 0 Å². The minimum absolute atomic E-state index is 0.502. The summed E-state index contributed by atoms with van der Waals surface area (Å²) in [5, 5.41) is 0.502. The summed E-state index contributed by atoms with van der Waals surface area (Å²) >= 11 is 4.43. The summed E-state index contributed by atoms with van der Waals surface area (Å²) in [7, 11) is 2.71. The molecule has 0 saturated heterocycles. The number of thiocarbonyl (C=S) groups is 1. The second-order valence-corrected chi connectivity index (χ2v) is 1.37. The second-order valence-electron chi connectivity index (χ2n) is 0.594. The Morgan fingerprint density at radius 1 is 2.00 bits per heavy atom. The van der Waals surface area contributed by atoms with Crippen molar-refractivity contribution in [3.63, 3.8) is 0 Å². The van der Waals surface area contributed by atoms with Crippen LogP contribution in [-0.4, -0.2) is 15.5 Å². The lowest BCUT2D eigenvalue weighted by Gasteiger charge is -1.85. The molecule has 0 heterocycles. The van der Waals surface area contributed by atoms with Crippen molar-refractivity contribution in [1.29, 1.82) is 0 Å². The van der Waals surface area contributed by atoms with Gasteiger partial charge in [-0.2, -0.15) is 0 Å². The first-order valence-electron chi connectivity index (χ1n) is 1.11. The normalized spacial score (nSPS) is 6.80. The predicted molar refractivity (Wildman–Crippen MR) is 25.1 cm³/mol. The Balaban J connectivity index is 2.85. The van der Waals surface area contributed by atoms with Crippen LogP contribution in [0.3, 0.4) is 0 Å². The van der Waals surface area contributed by atoms with Gasteiger partial charge in [0.2, 0.25) is 0 Å². The summed E-state index contributed by atoms with van der Waals surface area (Å²) in [5.74, 6) is 0. The largest absolute Gasteiger partial charge is 0.536 e. The van der Waals surface area contributed by atoms with Gasteiger partial charge < -0.3 is 4.43 Å². The van der Waals surface area contributed by atoms with Gasteiger partial charge in [0.15, 0.2) is 0 Å². The van der Waals surface area contributed by atoms with Crippen LogP contribution in [0.2, 0.25) is 0 Å². The highest BCUT2D eigenvalue weighted by atomic mass is 32.1. The summed E-state index contributed by atoms with van der Waals surface area (Å²) in [6.07, 6.45) is 0. The van der Waals surface area contributed by atoms with Crippen LogP contribution in [0.25, 0.3) is 0 Å². The molecule has 0 aliphatic heterocycles. The van der Waals surface area contributed by atoms with Gasteiger partial charge in [-0.25, -0.2) is 0 Å². The predicted octanol–water partition coefficient (Wildman–Crippen LogP) is 0.434. The quantitative estimate of drug-likeness (QED) is 0.325. The van der Waals surface area contributed by atoms with E-state index < -0.39 is 0 Å². The van der Waals surface area contributed by atoms with E-state index in [-0.39, 0.29) is 0 Å². The fourth-order valence-corrected chi connectivity index (χ4v) is 0. The average molecular weight is 103 g/mol. The van der Waals surface area contributed by atoms with Crippen molar-refractivity contribution in [2.75, 3.05) is 0 Å².